The standard InChI is InChI=1S/C22H17Cl3N2O3/c1-29-20-10-14(12-26-27-22(28)15-5-3-2-4-6-15)9-19(25)21(20)30-13-16-7-8-17(23)11-18(16)24/h2-12H,13H2,1H3,(H,27,28)/b26-12-. The highest BCUT2D eigenvalue weighted by Gasteiger charge is 2.13. The molecule has 0 unspecified atom stereocenters. The quantitative estimate of drug-likeness (QED) is 0.345. The number of methoxy groups -OCH3 is 1. The molecule has 0 heterocycles. The predicted octanol–water partition coefficient (Wildman–Crippen LogP) is 6.00. The summed E-state index contributed by atoms with van der Waals surface area (Å²) >= 11 is 18.5. The molecule has 3 aromatic carbocycles. The van der Waals surface area contributed by atoms with Crippen molar-refractivity contribution in [2.24, 2.45) is 5.10 Å². The largest absolute Gasteiger partial charge is 0.493 e. The molecular weight excluding hydrogens is 447 g/mol. The number of halogens is 3. The van der Waals surface area contributed by atoms with E-state index in [1.807, 2.05) is 6.07 Å². The van der Waals surface area contributed by atoms with Crippen LogP contribution < -0.4 is 14.9 Å². The third kappa shape index (κ3) is 5.66. The Morgan fingerprint density at radius 2 is 1.80 bits per heavy atom. The number of nitrogens with one attached hydrogen (secondary N) is 1. The minimum Gasteiger partial charge on any atom is -0.493 e. The lowest BCUT2D eigenvalue weighted by atomic mass is 10.2. The van der Waals surface area contributed by atoms with Gasteiger partial charge in [-0.25, -0.2) is 5.43 Å². The summed E-state index contributed by atoms with van der Waals surface area (Å²) in [5, 5.41) is 5.34. The van der Waals surface area contributed by atoms with Crippen LogP contribution in [-0.2, 0) is 6.61 Å². The molecule has 0 spiro atoms. The van der Waals surface area contributed by atoms with Gasteiger partial charge in [0.25, 0.3) is 5.91 Å². The monoisotopic (exact) mass is 462 g/mol. The Hall–Kier alpha value is -2.73. The van der Waals surface area contributed by atoms with Crippen molar-refractivity contribution in [2.75, 3.05) is 7.11 Å². The Labute approximate surface area is 189 Å². The lowest BCUT2D eigenvalue weighted by Crippen LogP contribution is -2.17. The summed E-state index contributed by atoms with van der Waals surface area (Å²) in [5.74, 6) is 0.476. The number of ether oxygens (including phenoxy) is 2. The van der Waals surface area contributed by atoms with Crippen molar-refractivity contribution in [2.45, 2.75) is 6.61 Å². The van der Waals surface area contributed by atoms with Crippen LogP contribution in [0.4, 0.5) is 0 Å². The normalized spacial score (nSPS) is 10.8. The van der Waals surface area contributed by atoms with Crippen LogP contribution in [0.3, 0.4) is 0 Å². The molecule has 0 bridgehead atoms. The third-order valence-electron chi connectivity index (χ3n) is 4.05. The summed E-state index contributed by atoms with van der Waals surface area (Å²) < 4.78 is 11.2. The Kier molecular flexibility index (Phi) is 7.57. The molecule has 30 heavy (non-hydrogen) atoms. The molecule has 3 aromatic rings. The molecule has 5 nitrogen and oxygen atoms in total. The van der Waals surface area contributed by atoms with Gasteiger partial charge in [0.2, 0.25) is 0 Å². The molecule has 0 radical (unpaired) electrons. The zero-order chi connectivity index (χ0) is 21.5. The van der Waals surface area contributed by atoms with Crippen molar-refractivity contribution in [3.63, 3.8) is 0 Å². The molecule has 0 saturated carbocycles. The molecule has 1 N–H and O–H groups in total. The highest BCUT2D eigenvalue weighted by Crippen LogP contribution is 2.37. The zero-order valence-electron chi connectivity index (χ0n) is 15.9. The van der Waals surface area contributed by atoms with Crippen LogP contribution in [-0.4, -0.2) is 19.2 Å². The number of hydrogen-bond acceptors (Lipinski definition) is 4. The number of benzene rings is 3. The molecule has 8 heteroatoms. The maximum absolute atomic E-state index is 12.0. The molecule has 0 aromatic heterocycles. The van der Waals surface area contributed by atoms with Crippen LogP contribution in [0.25, 0.3) is 0 Å². The molecule has 3 rings (SSSR count). The molecular formula is C22H17Cl3N2O3. The van der Waals surface area contributed by atoms with E-state index in [1.54, 1.807) is 54.6 Å². The van der Waals surface area contributed by atoms with E-state index in [2.05, 4.69) is 10.5 Å². The summed E-state index contributed by atoms with van der Waals surface area (Å²) in [4.78, 5) is 12.0. The van der Waals surface area contributed by atoms with Crippen molar-refractivity contribution in [3.8, 4) is 11.5 Å². The van der Waals surface area contributed by atoms with E-state index in [1.165, 1.54) is 13.3 Å². The molecule has 0 saturated heterocycles. The zero-order valence-corrected chi connectivity index (χ0v) is 18.1. The minimum absolute atomic E-state index is 0.187. The van der Waals surface area contributed by atoms with Crippen molar-refractivity contribution in [3.05, 3.63) is 92.4 Å². The van der Waals surface area contributed by atoms with Gasteiger partial charge in [0, 0.05) is 21.2 Å². The molecule has 0 fully saturated rings. The molecule has 1 amide bonds. The van der Waals surface area contributed by atoms with Crippen molar-refractivity contribution < 1.29 is 14.3 Å². The SMILES string of the molecule is COc1cc(/C=N\NC(=O)c2ccccc2)cc(Cl)c1OCc1ccc(Cl)cc1Cl. The maximum atomic E-state index is 12.0. The lowest BCUT2D eigenvalue weighted by molar-refractivity contribution is 0.0955. The minimum atomic E-state index is -0.315. The first kappa shape index (κ1) is 22.0. The molecule has 0 aliphatic carbocycles. The number of rotatable bonds is 7. The van der Waals surface area contributed by atoms with E-state index in [4.69, 9.17) is 44.3 Å². The summed E-state index contributed by atoms with van der Waals surface area (Å²) in [5.41, 5.74) is 4.36. The van der Waals surface area contributed by atoms with Crippen LogP contribution in [0.2, 0.25) is 15.1 Å². The average molecular weight is 464 g/mol. The Bertz CT molecular complexity index is 1070. The molecule has 0 atom stereocenters. The summed E-state index contributed by atoms with van der Waals surface area (Å²) in [6, 6.07) is 17.3. The Balaban J connectivity index is 1.71. The summed E-state index contributed by atoms with van der Waals surface area (Å²) in [6.45, 7) is 0.187. The van der Waals surface area contributed by atoms with Gasteiger partial charge in [-0.15, -0.1) is 0 Å². The van der Waals surface area contributed by atoms with Crippen LogP contribution in [0.1, 0.15) is 21.5 Å². The first-order valence-electron chi connectivity index (χ1n) is 8.80. The van der Waals surface area contributed by atoms with Crippen LogP contribution in [0.5, 0.6) is 11.5 Å². The molecule has 154 valence electrons. The number of carbonyl (C=O) groups is 1. The predicted molar refractivity (Wildman–Crippen MR) is 120 cm³/mol. The van der Waals surface area contributed by atoms with Crippen LogP contribution >= 0.6 is 34.8 Å². The van der Waals surface area contributed by atoms with Gasteiger partial charge >= 0.3 is 0 Å². The lowest BCUT2D eigenvalue weighted by Gasteiger charge is -2.14. The second-order valence-electron chi connectivity index (χ2n) is 6.12. The van der Waals surface area contributed by atoms with E-state index in [-0.39, 0.29) is 12.5 Å². The molecule has 0 aliphatic heterocycles. The summed E-state index contributed by atoms with van der Waals surface area (Å²) in [6.07, 6.45) is 1.47. The Morgan fingerprint density at radius 3 is 2.50 bits per heavy atom. The maximum Gasteiger partial charge on any atom is 0.271 e. The fraction of sp³-hybridized carbons (Fsp3) is 0.0909. The van der Waals surface area contributed by atoms with Gasteiger partial charge in [0.15, 0.2) is 11.5 Å². The second kappa shape index (κ2) is 10.3. The van der Waals surface area contributed by atoms with Crippen LogP contribution in [0, 0.1) is 0 Å². The van der Waals surface area contributed by atoms with Gasteiger partial charge in [-0.2, -0.15) is 5.10 Å². The second-order valence-corrected chi connectivity index (χ2v) is 7.37. The fourth-order valence-electron chi connectivity index (χ4n) is 2.56. The number of hydrogen-bond donors (Lipinski definition) is 1. The molecule has 0 aliphatic rings. The number of carbonyl (C=O) groups excluding carboxylic acids is 1. The van der Waals surface area contributed by atoms with Crippen molar-refractivity contribution >= 4 is 46.9 Å². The number of hydrazone groups is 1. The van der Waals surface area contributed by atoms with Crippen molar-refractivity contribution in [1.29, 1.82) is 0 Å². The van der Waals surface area contributed by atoms with E-state index >= 15 is 0 Å². The fourth-order valence-corrected chi connectivity index (χ4v) is 3.30. The Morgan fingerprint density at radius 1 is 1.03 bits per heavy atom. The van der Waals surface area contributed by atoms with Crippen molar-refractivity contribution in [1.82, 2.24) is 5.43 Å². The van der Waals surface area contributed by atoms with E-state index in [0.717, 1.165) is 5.56 Å². The highest BCUT2D eigenvalue weighted by atomic mass is 35.5. The number of nitrogens with zero attached hydrogens (tertiary/aromatic N) is 1. The average Bonchev–Trinajstić information content (AvgIpc) is 2.74. The van der Waals surface area contributed by atoms with Crippen LogP contribution in [0.15, 0.2) is 65.8 Å². The first-order valence-corrected chi connectivity index (χ1v) is 9.94. The topological polar surface area (TPSA) is 59.9 Å². The smallest absolute Gasteiger partial charge is 0.271 e. The summed E-state index contributed by atoms with van der Waals surface area (Å²) in [7, 11) is 1.51. The van der Waals surface area contributed by atoms with E-state index in [9.17, 15) is 4.79 Å². The van der Waals surface area contributed by atoms with Gasteiger partial charge < -0.3 is 9.47 Å². The van der Waals surface area contributed by atoms with Gasteiger partial charge in [-0.1, -0.05) is 59.1 Å². The third-order valence-corrected chi connectivity index (χ3v) is 4.92. The number of amides is 1. The van der Waals surface area contributed by atoms with E-state index in [0.29, 0.717) is 37.7 Å². The van der Waals surface area contributed by atoms with Gasteiger partial charge in [-0.3, -0.25) is 4.79 Å². The van der Waals surface area contributed by atoms with Gasteiger partial charge in [0.1, 0.15) is 6.61 Å². The highest BCUT2D eigenvalue weighted by molar-refractivity contribution is 6.35. The van der Waals surface area contributed by atoms with E-state index < -0.39 is 0 Å². The van der Waals surface area contributed by atoms with Gasteiger partial charge in [0.05, 0.1) is 18.3 Å². The first-order chi connectivity index (χ1) is 14.5. The van der Waals surface area contributed by atoms with Gasteiger partial charge in [-0.05, 0) is 42.0 Å².